The number of Topliss-reactive ketones (excluding diaryl/α,β-unsaturated/α-hetero) is 2. The van der Waals surface area contributed by atoms with Gasteiger partial charge in [0.25, 0.3) is 0 Å². The predicted octanol–water partition coefficient (Wildman–Crippen LogP) is 4.79. The molecule has 0 saturated heterocycles. The fourth-order valence-electron chi connectivity index (χ4n) is 5.08. The lowest BCUT2D eigenvalue weighted by atomic mass is 9.65. The highest BCUT2D eigenvalue weighted by molar-refractivity contribution is 6.06. The number of hydrogen-bond donors (Lipinski definition) is 1. The summed E-state index contributed by atoms with van der Waals surface area (Å²) in [6.07, 6.45) is 1.90. The number of carboxylic acid groups (broad SMARTS) is 1. The summed E-state index contributed by atoms with van der Waals surface area (Å²) in [4.78, 5) is 38.3. The molecule has 0 radical (unpaired) electrons. The first-order valence-electron chi connectivity index (χ1n) is 10.5. The van der Waals surface area contributed by atoms with E-state index >= 15 is 0 Å². The van der Waals surface area contributed by atoms with E-state index in [0.717, 1.165) is 0 Å². The lowest BCUT2D eigenvalue weighted by Crippen LogP contribution is -2.37. The van der Waals surface area contributed by atoms with E-state index in [4.69, 9.17) is 9.47 Å². The molecule has 0 unspecified atom stereocenters. The molecule has 1 aromatic carbocycles. The number of rotatable bonds is 3. The zero-order valence-corrected chi connectivity index (χ0v) is 18.6. The second kappa shape index (κ2) is 7.08. The van der Waals surface area contributed by atoms with E-state index in [1.807, 2.05) is 27.7 Å². The second-order valence-corrected chi connectivity index (χ2v) is 10.4. The third kappa shape index (κ3) is 3.68. The van der Waals surface area contributed by atoms with E-state index in [1.54, 1.807) is 12.1 Å². The number of carboxylic acids is 1. The number of hydrogen-bond acceptors (Lipinski definition) is 5. The second-order valence-electron chi connectivity index (χ2n) is 10.4. The molecule has 1 aliphatic heterocycles. The maximum absolute atomic E-state index is 13.3. The first kappa shape index (κ1) is 21.3. The van der Waals surface area contributed by atoms with Crippen molar-refractivity contribution in [3.05, 3.63) is 52.0 Å². The van der Waals surface area contributed by atoms with Crippen LogP contribution in [0, 0.1) is 10.8 Å². The van der Waals surface area contributed by atoms with Crippen LogP contribution in [0.15, 0.2) is 40.9 Å². The van der Waals surface area contributed by atoms with Crippen molar-refractivity contribution in [3.8, 4) is 5.75 Å². The Bertz CT molecular complexity index is 1020. The van der Waals surface area contributed by atoms with Crippen molar-refractivity contribution in [1.82, 2.24) is 0 Å². The molecule has 0 aromatic heterocycles. The minimum Gasteiger partial charge on any atom is -0.496 e. The molecule has 0 bridgehead atoms. The van der Waals surface area contributed by atoms with Gasteiger partial charge in [-0.05, 0) is 28.5 Å². The number of methoxy groups -OCH3 is 1. The largest absolute Gasteiger partial charge is 0.496 e. The average Bonchev–Trinajstić information content (AvgIpc) is 2.63. The molecule has 3 aliphatic rings. The number of benzene rings is 1. The lowest BCUT2D eigenvalue weighted by molar-refractivity contribution is -0.120. The Kier molecular flexibility index (Phi) is 4.87. The molecule has 2 aliphatic carbocycles. The Hall–Kier alpha value is -2.89. The number of ether oxygens (including phenoxy) is 2. The first-order chi connectivity index (χ1) is 14.4. The van der Waals surface area contributed by atoms with Gasteiger partial charge in [0.15, 0.2) is 11.6 Å². The molecule has 0 fully saturated rings. The highest BCUT2D eigenvalue weighted by Crippen LogP contribution is 2.53. The summed E-state index contributed by atoms with van der Waals surface area (Å²) in [6, 6.07) is 4.85. The summed E-state index contributed by atoms with van der Waals surface area (Å²) >= 11 is 0. The third-order valence-corrected chi connectivity index (χ3v) is 6.37. The van der Waals surface area contributed by atoms with Crippen LogP contribution in [0.25, 0.3) is 0 Å². The van der Waals surface area contributed by atoms with Gasteiger partial charge in [0.05, 0.1) is 7.11 Å². The number of carbonyl (C=O) groups excluding carboxylic acids is 2. The van der Waals surface area contributed by atoms with Crippen LogP contribution in [0.4, 0.5) is 0 Å². The Morgan fingerprint density at radius 1 is 0.968 bits per heavy atom. The third-order valence-electron chi connectivity index (χ3n) is 6.37. The molecule has 0 saturated carbocycles. The van der Waals surface area contributed by atoms with Crippen LogP contribution in [-0.2, 0) is 14.3 Å². The van der Waals surface area contributed by atoms with Crippen LogP contribution in [0.3, 0.4) is 0 Å². The van der Waals surface area contributed by atoms with Crippen molar-refractivity contribution in [1.29, 1.82) is 0 Å². The van der Waals surface area contributed by atoms with E-state index in [1.165, 1.54) is 13.2 Å². The molecule has 0 amide bonds. The quantitative estimate of drug-likeness (QED) is 0.750. The molecular formula is C25H28O6. The van der Waals surface area contributed by atoms with Crippen LogP contribution >= 0.6 is 0 Å². The van der Waals surface area contributed by atoms with Gasteiger partial charge in [0.2, 0.25) is 0 Å². The van der Waals surface area contributed by atoms with Crippen LogP contribution in [0.1, 0.15) is 75.2 Å². The van der Waals surface area contributed by atoms with Crippen molar-refractivity contribution in [3.63, 3.8) is 0 Å². The minimum absolute atomic E-state index is 0.00275. The van der Waals surface area contributed by atoms with Gasteiger partial charge in [-0.3, -0.25) is 9.59 Å². The van der Waals surface area contributed by atoms with Crippen LogP contribution in [-0.4, -0.2) is 29.8 Å². The number of aromatic carboxylic acids is 1. The van der Waals surface area contributed by atoms with E-state index in [-0.39, 0.29) is 33.7 Å². The number of carbonyl (C=O) groups is 3. The Labute approximate surface area is 181 Å². The van der Waals surface area contributed by atoms with Gasteiger partial charge < -0.3 is 14.6 Å². The van der Waals surface area contributed by atoms with Crippen molar-refractivity contribution < 1.29 is 29.0 Å². The van der Waals surface area contributed by atoms with E-state index in [0.29, 0.717) is 53.9 Å². The van der Waals surface area contributed by atoms with Gasteiger partial charge in [-0.15, -0.1) is 0 Å². The van der Waals surface area contributed by atoms with Crippen LogP contribution < -0.4 is 4.74 Å². The maximum atomic E-state index is 13.3. The van der Waals surface area contributed by atoms with Crippen molar-refractivity contribution in [2.75, 3.05) is 7.11 Å². The van der Waals surface area contributed by atoms with Crippen LogP contribution in [0.5, 0.6) is 5.75 Å². The molecule has 4 rings (SSSR count). The summed E-state index contributed by atoms with van der Waals surface area (Å²) < 4.78 is 11.5. The van der Waals surface area contributed by atoms with Crippen molar-refractivity contribution in [2.24, 2.45) is 10.8 Å². The molecule has 1 N–H and O–H groups in total. The molecule has 6 nitrogen and oxygen atoms in total. The highest BCUT2D eigenvalue weighted by Gasteiger charge is 2.47. The van der Waals surface area contributed by atoms with Gasteiger partial charge in [-0.1, -0.05) is 33.8 Å². The topological polar surface area (TPSA) is 89.9 Å². The van der Waals surface area contributed by atoms with Crippen LogP contribution in [0.2, 0.25) is 0 Å². The predicted molar refractivity (Wildman–Crippen MR) is 114 cm³/mol. The van der Waals surface area contributed by atoms with Gasteiger partial charge in [-0.2, -0.15) is 0 Å². The Morgan fingerprint density at radius 3 is 1.94 bits per heavy atom. The average molecular weight is 424 g/mol. The Balaban J connectivity index is 1.94. The fraction of sp³-hybridized carbons (Fsp3) is 0.480. The monoisotopic (exact) mass is 424 g/mol. The molecule has 164 valence electrons. The summed E-state index contributed by atoms with van der Waals surface area (Å²) in [5.74, 6) is -0.372. The molecule has 6 heteroatoms. The first-order valence-corrected chi connectivity index (χ1v) is 10.5. The van der Waals surface area contributed by atoms with Gasteiger partial charge in [0, 0.05) is 42.7 Å². The Morgan fingerprint density at radius 2 is 1.48 bits per heavy atom. The maximum Gasteiger partial charge on any atom is 0.339 e. The number of allylic oxidation sites excluding steroid dienone is 4. The molecule has 1 heterocycles. The molecule has 1 aromatic rings. The van der Waals surface area contributed by atoms with E-state index in [2.05, 4.69) is 0 Å². The summed E-state index contributed by atoms with van der Waals surface area (Å²) in [7, 11) is 1.41. The van der Waals surface area contributed by atoms with Crippen molar-refractivity contribution >= 4 is 17.5 Å². The van der Waals surface area contributed by atoms with Crippen molar-refractivity contribution in [2.45, 2.75) is 59.3 Å². The van der Waals surface area contributed by atoms with Gasteiger partial charge >= 0.3 is 5.97 Å². The van der Waals surface area contributed by atoms with Gasteiger partial charge in [0.1, 0.15) is 22.8 Å². The zero-order chi connectivity index (χ0) is 22.7. The minimum atomic E-state index is -1.12. The number of ketones is 2. The summed E-state index contributed by atoms with van der Waals surface area (Å²) in [5.41, 5.74) is 1.11. The smallest absolute Gasteiger partial charge is 0.339 e. The molecular weight excluding hydrogens is 396 g/mol. The molecule has 0 spiro atoms. The lowest BCUT2D eigenvalue weighted by Gasteiger charge is -2.42. The van der Waals surface area contributed by atoms with E-state index in [9.17, 15) is 19.5 Å². The molecule has 0 atom stereocenters. The fourth-order valence-corrected chi connectivity index (χ4v) is 5.08. The van der Waals surface area contributed by atoms with Gasteiger partial charge in [-0.25, -0.2) is 4.79 Å². The normalized spacial score (nSPS) is 22.6. The molecule has 31 heavy (non-hydrogen) atoms. The standard InChI is InChI=1S/C25H28O6/c1-24(2)9-15(26)21-18(11-24)31-19-12-25(3,4)10-16(27)22(19)20(21)13-6-7-17(30-5)14(8-13)23(28)29/h6-8,20H,9-12H2,1-5H3,(H,28,29). The van der Waals surface area contributed by atoms with E-state index < -0.39 is 11.9 Å². The SMILES string of the molecule is COc1ccc(C2C3=C(CC(C)(C)CC3=O)OC3=C2C(=O)CC(C)(C)C3)cc1C(=O)O. The summed E-state index contributed by atoms with van der Waals surface area (Å²) in [6.45, 7) is 8.12. The summed E-state index contributed by atoms with van der Waals surface area (Å²) in [5, 5.41) is 9.66. The zero-order valence-electron chi connectivity index (χ0n) is 18.6. The highest BCUT2D eigenvalue weighted by atomic mass is 16.5.